The van der Waals surface area contributed by atoms with Crippen LogP contribution >= 0.6 is 0 Å². The second kappa shape index (κ2) is 17.1. The van der Waals surface area contributed by atoms with Crippen molar-refractivity contribution >= 4 is 0 Å². The summed E-state index contributed by atoms with van der Waals surface area (Å²) in [4.78, 5) is 18.1. The number of rotatable bonds is 8. The third-order valence-corrected chi connectivity index (χ3v) is 10.8. The molecule has 0 aromatic carbocycles. The minimum atomic E-state index is -0.742. The Bertz CT molecular complexity index is 1060. The van der Waals surface area contributed by atoms with E-state index in [1.807, 2.05) is 33.5 Å². The number of hydrogen-bond acceptors (Lipinski definition) is 11. The lowest BCUT2D eigenvalue weighted by molar-refractivity contribution is -0.298. The molecule has 9 atom stereocenters. The Morgan fingerprint density at radius 1 is 1.06 bits per heavy atom. The summed E-state index contributed by atoms with van der Waals surface area (Å²) in [5.74, 6) is 0.486. The molecule has 0 radical (unpaired) electrons. The summed E-state index contributed by atoms with van der Waals surface area (Å²) in [7, 11) is 8.08. The average molecular weight is 663 g/mol. The fourth-order valence-electron chi connectivity index (χ4n) is 8.29. The topological polar surface area (TPSA) is 95.9 Å². The second-order valence-electron chi connectivity index (χ2n) is 16.2. The minimum Gasteiger partial charge on any atom is -0.386 e. The summed E-state index contributed by atoms with van der Waals surface area (Å²) in [5, 5.41) is 11.4. The molecule has 3 aliphatic rings. The van der Waals surface area contributed by atoms with E-state index in [1.54, 1.807) is 6.33 Å². The number of aliphatic hydroxyl groups is 1. The molecule has 11 heteroatoms. The molecule has 1 aromatic rings. The van der Waals surface area contributed by atoms with Crippen LogP contribution in [0.2, 0.25) is 0 Å². The number of aliphatic hydroxyl groups excluding tert-OH is 1. The first-order valence-corrected chi connectivity index (χ1v) is 17.9. The lowest BCUT2D eigenvalue weighted by atomic mass is 9.75. The molecule has 3 saturated heterocycles. The number of piperazine rings is 1. The summed E-state index contributed by atoms with van der Waals surface area (Å²) in [5.41, 5.74) is 0.432. The summed E-state index contributed by atoms with van der Waals surface area (Å²) >= 11 is 0. The molecule has 0 saturated carbocycles. The number of methoxy groups -OCH3 is 1. The van der Waals surface area contributed by atoms with Gasteiger partial charge in [0.25, 0.3) is 0 Å². The first kappa shape index (κ1) is 38.5. The molecule has 0 unspecified atom stereocenters. The van der Waals surface area contributed by atoms with Gasteiger partial charge in [0.15, 0.2) is 6.29 Å². The van der Waals surface area contributed by atoms with Gasteiger partial charge in [0.05, 0.1) is 36.7 Å². The number of nitrogens with zero attached hydrogens (tertiary/aromatic N) is 6. The van der Waals surface area contributed by atoms with Crippen molar-refractivity contribution in [3.8, 4) is 0 Å². The second-order valence-corrected chi connectivity index (χ2v) is 16.2. The average Bonchev–Trinajstić information content (AvgIpc) is 3.01. The van der Waals surface area contributed by atoms with Crippen LogP contribution in [-0.4, -0.2) is 158 Å². The lowest BCUT2D eigenvalue weighted by Crippen LogP contribution is -2.58. The predicted molar refractivity (Wildman–Crippen MR) is 185 cm³/mol. The van der Waals surface area contributed by atoms with E-state index in [9.17, 15) is 5.11 Å². The van der Waals surface area contributed by atoms with Crippen LogP contribution in [0.3, 0.4) is 0 Å². The molecule has 1 aromatic heterocycles. The molecular weight excluding hydrogens is 596 g/mol. The van der Waals surface area contributed by atoms with Crippen LogP contribution in [0.25, 0.3) is 0 Å². The van der Waals surface area contributed by atoms with Gasteiger partial charge in [-0.3, -0.25) is 14.7 Å². The fourth-order valence-corrected chi connectivity index (χ4v) is 8.29. The van der Waals surface area contributed by atoms with Gasteiger partial charge < -0.3 is 29.0 Å². The maximum absolute atomic E-state index is 11.4. The van der Waals surface area contributed by atoms with Gasteiger partial charge in [0.2, 0.25) is 0 Å². The van der Waals surface area contributed by atoms with Crippen LogP contribution in [0.5, 0.6) is 0 Å². The molecule has 0 amide bonds. The Kier molecular flexibility index (Phi) is 14.0. The maximum atomic E-state index is 11.4. The van der Waals surface area contributed by atoms with Gasteiger partial charge >= 0.3 is 0 Å². The highest BCUT2D eigenvalue weighted by atomic mass is 16.7. The maximum Gasteiger partial charge on any atom is 0.185 e. The Morgan fingerprint density at radius 2 is 1.77 bits per heavy atom. The Labute approximate surface area is 285 Å². The highest BCUT2D eigenvalue weighted by Crippen LogP contribution is 2.39. The third-order valence-electron chi connectivity index (χ3n) is 10.8. The standard InChI is InChI=1S/C36H66N6O5/c1-26-18-36(6,44-10)33(47-34-32(43)31(39(7)8)17-28(3)46-34)27(2)19-35(4,5)24-45-23-30(40(9)20-26)22-42-15-13-41(14-16-42)21-29-11-12-37-25-38-29/h11-12,25-28,30-34,43H,13-24H2,1-10H3/t26-,27-,28-,30-,31+,32-,33-,34+,36-/m1/s1. The lowest BCUT2D eigenvalue weighted by Gasteiger charge is -2.47. The summed E-state index contributed by atoms with van der Waals surface area (Å²) in [6.07, 6.45) is 4.21. The van der Waals surface area contributed by atoms with Gasteiger partial charge in [-0.25, -0.2) is 9.97 Å². The van der Waals surface area contributed by atoms with E-state index in [0.717, 1.165) is 70.8 Å². The molecular formula is C36H66N6O5. The molecule has 0 aliphatic carbocycles. The van der Waals surface area contributed by atoms with Gasteiger partial charge in [-0.1, -0.05) is 27.7 Å². The van der Waals surface area contributed by atoms with Crippen LogP contribution in [-0.2, 0) is 25.5 Å². The summed E-state index contributed by atoms with van der Waals surface area (Å²) in [6, 6.07) is 2.26. The third kappa shape index (κ3) is 10.9. The van der Waals surface area contributed by atoms with Crippen LogP contribution in [0, 0.1) is 17.3 Å². The minimum absolute atomic E-state index is 0.00888. The molecule has 3 fully saturated rings. The fraction of sp³-hybridized carbons (Fsp3) is 0.889. The molecule has 11 nitrogen and oxygen atoms in total. The highest BCUT2D eigenvalue weighted by molar-refractivity contribution is 4.98. The first-order valence-electron chi connectivity index (χ1n) is 17.9. The SMILES string of the molecule is CO[C@]1(C)C[C@@H](C)CN(C)[C@H](CN2CCN(Cc3ccncn3)CC2)COCC(C)(C)C[C@@H](C)[C@H]1O[C@@H]1O[C@H](C)C[C@H](N(C)C)[C@H]1O. The van der Waals surface area contributed by atoms with Crippen molar-refractivity contribution in [3.05, 3.63) is 24.3 Å². The van der Waals surface area contributed by atoms with Gasteiger partial charge in [-0.05, 0) is 77.6 Å². The van der Waals surface area contributed by atoms with E-state index in [-0.39, 0.29) is 35.6 Å². The molecule has 3 aliphatic heterocycles. The predicted octanol–water partition coefficient (Wildman–Crippen LogP) is 3.22. The van der Waals surface area contributed by atoms with Crippen molar-refractivity contribution in [1.82, 2.24) is 29.6 Å². The van der Waals surface area contributed by atoms with Crippen LogP contribution < -0.4 is 0 Å². The van der Waals surface area contributed by atoms with Crippen molar-refractivity contribution in [2.75, 3.05) is 80.7 Å². The number of ether oxygens (including phenoxy) is 4. The van der Waals surface area contributed by atoms with Crippen molar-refractivity contribution in [1.29, 1.82) is 0 Å². The molecule has 1 N–H and O–H groups in total. The van der Waals surface area contributed by atoms with Gasteiger partial charge in [0, 0.05) is 71.2 Å². The summed E-state index contributed by atoms with van der Waals surface area (Å²) in [6.45, 7) is 21.7. The van der Waals surface area contributed by atoms with Crippen molar-refractivity contribution in [3.63, 3.8) is 0 Å². The monoisotopic (exact) mass is 663 g/mol. The molecule has 0 spiro atoms. The van der Waals surface area contributed by atoms with Crippen LogP contribution in [0.15, 0.2) is 18.6 Å². The Hall–Kier alpha value is -1.28. The van der Waals surface area contributed by atoms with E-state index >= 15 is 0 Å². The zero-order chi connectivity index (χ0) is 34.4. The quantitative estimate of drug-likeness (QED) is 0.445. The molecule has 47 heavy (non-hydrogen) atoms. The van der Waals surface area contributed by atoms with E-state index in [2.05, 4.69) is 78.2 Å². The van der Waals surface area contributed by atoms with Gasteiger partial charge in [0.1, 0.15) is 12.4 Å². The van der Waals surface area contributed by atoms with Crippen molar-refractivity contribution in [2.24, 2.45) is 17.3 Å². The molecule has 0 bridgehead atoms. The van der Waals surface area contributed by atoms with Crippen molar-refractivity contribution in [2.45, 2.75) is 110 Å². The highest BCUT2D eigenvalue weighted by Gasteiger charge is 2.47. The van der Waals surface area contributed by atoms with E-state index in [4.69, 9.17) is 18.9 Å². The van der Waals surface area contributed by atoms with E-state index < -0.39 is 18.0 Å². The Balaban J connectivity index is 1.46. The van der Waals surface area contributed by atoms with Crippen LogP contribution in [0.4, 0.5) is 0 Å². The zero-order valence-corrected chi connectivity index (χ0v) is 31.1. The first-order chi connectivity index (χ1) is 22.2. The molecule has 270 valence electrons. The van der Waals surface area contributed by atoms with Gasteiger partial charge in [-0.2, -0.15) is 0 Å². The molecule has 4 heterocycles. The largest absolute Gasteiger partial charge is 0.386 e. The Morgan fingerprint density at radius 3 is 2.40 bits per heavy atom. The van der Waals surface area contributed by atoms with Crippen molar-refractivity contribution < 1.29 is 24.1 Å². The van der Waals surface area contributed by atoms with E-state index in [1.165, 1.54) is 0 Å². The van der Waals surface area contributed by atoms with Crippen LogP contribution in [0.1, 0.15) is 66.5 Å². The van der Waals surface area contributed by atoms with E-state index in [0.29, 0.717) is 19.1 Å². The molecule has 4 rings (SSSR count). The normalized spacial score (nSPS) is 37.6. The number of likely N-dealkylation sites (N-methyl/N-ethyl adjacent to an activating group) is 2. The number of aromatic nitrogens is 2. The van der Waals surface area contributed by atoms with Gasteiger partial charge in [-0.15, -0.1) is 0 Å². The summed E-state index contributed by atoms with van der Waals surface area (Å²) < 4.78 is 26.1. The zero-order valence-electron chi connectivity index (χ0n) is 31.1. The number of hydrogen-bond donors (Lipinski definition) is 1. The smallest absolute Gasteiger partial charge is 0.185 e.